The van der Waals surface area contributed by atoms with Crippen molar-refractivity contribution < 1.29 is 13.2 Å². The van der Waals surface area contributed by atoms with Crippen LogP contribution < -0.4 is 4.72 Å². The van der Waals surface area contributed by atoms with Crippen LogP contribution in [0.4, 0.5) is 0 Å². The minimum atomic E-state index is -3.52. The van der Waals surface area contributed by atoms with Crippen LogP contribution in [0.25, 0.3) is 10.8 Å². The predicted molar refractivity (Wildman–Crippen MR) is 66.3 cm³/mol. The van der Waals surface area contributed by atoms with Crippen molar-refractivity contribution in [3.8, 4) is 0 Å². The van der Waals surface area contributed by atoms with E-state index in [1.807, 2.05) is 29.0 Å². The van der Waals surface area contributed by atoms with Crippen LogP contribution in [0.2, 0.25) is 0 Å². The van der Waals surface area contributed by atoms with Gasteiger partial charge in [0.15, 0.2) is 0 Å². The Hall–Kier alpha value is -1.88. The maximum atomic E-state index is 11.6. The first-order valence-corrected chi connectivity index (χ1v) is 6.86. The summed E-state index contributed by atoms with van der Waals surface area (Å²) in [6.45, 7) is 0. The maximum Gasteiger partial charge on any atom is 0.264 e. The fourth-order valence-electron chi connectivity index (χ4n) is 1.56. The van der Waals surface area contributed by atoms with Gasteiger partial charge in [-0.1, -0.05) is 30.3 Å². The molecule has 2 aromatic carbocycles. The summed E-state index contributed by atoms with van der Waals surface area (Å²) < 4.78 is 23.8. The molecule has 88 valence electrons. The summed E-state index contributed by atoms with van der Waals surface area (Å²) in [5, 5.41) is 1.90. The van der Waals surface area contributed by atoms with Crippen molar-refractivity contribution in [3.05, 3.63) is 48.0 Å². The molecule has 0 aliphatic carbocycles. The lowest BCUT2D eigenvalue weighted by Crippen LogP contribution is -2.29. The molecule has 5 heteroatoms. The summed E-state index contributed by atoms with van der Waals surface area (Å²) in [5.74, 6) is -0.613. The van der Waals surface area contributed by atoms with Gasteiger partial charge in [0.2, 0.25) is 10.0 Å². The fourth-order valence-corrected chi connectivity index (χ4v) is 2.01. The van der Waals surface area contributed by atoms with Crippen LogP contribution in [-0.4, -0.2) is 20.6 Å². The molecule has 1 N–H and O–H groups in total. The summed E-state index contributed by atoms with van der Waals surface area (Å²) in [7, 11) is -3.52. The number of hydrogen-bond donors (Lipinski definition) is 1. The number of nitrogens with one attached hydrogen (secondary N) is 1. The highest BCUT2D eigenvalue weighted by molar-refractivity contribution is 7.89. The van der Waals surface area contributed by atoms with Crippen LogP contribution in [0.15, 0.2) is 42.5 Å². The second kappa shape index (κ2) is 4.18. The number of rotatable bonds is 2. The molecule has 2 rings (SSSR count). The van der Waals surface area contributed by atoms with E-state index < -0.39 is 15.9 Å². The molecular formula is C12H11NO3S. The van der Waals surface area contributed by atoms with E-state index in [0.29, 0.717) is 5.56 Å². The van der Waals surface area contributed by atoms with E-state index in [2.05, 4.69) is 0 Å². The van der Waals surface area contributed by atoms with Crippen molar-refractivity contribution in [1.29, 1.82) is 0 Å². The van der Waals surface area contributed by atoms with Gasteiger partial charge in [0.25, 0.3) is 5.91 Å². The lowest BCUT2D eigenvalue weighted by molar-refractivity contribution is 0.0982. The molecule has 0 unspecified atom stereocenters. The topological polar surface area (TPSA) is 63.2 Å². The first-order valence-electron chi connectivity index (χ1n) is 4.97. The van der Waals surface area contributed by atoms with Crippen molar-refractivity contribution >= 4 is 26.7 Å². The molecule has 2 aromatic rings. The molecular weight excluding hydrogens is 238 g/mol. The average Bonchev–Trinajstić information content (AvgIpc) is 2.26. The van der Waals surface area contributed by atoms with Gasteiger partial charge in [-0.3, -0.25) is 4.79 Å². The molecule has 0 fully saturated rings. The minimum absolute atomic E-state index is 0.328. The lowest BCUT2D eigenvalue weighted by atomic mass is 10.1. The smallest absolute Gasteiger partial charge is 0.264 e. The van der Waals surface area contributed by atoms with Crippen molar-refractivity contribution in [2.45, 2.75) is 0 Å². The summed E-state index contributed by atoms with van der Waals surface area (Å²) in [6, 6.07) is 12.6. The monoisotopic (exact) mass is 249 g/mol. The van der Waals surface area contributed by atoms with Crippen molar-refractivity contribution in [2.75, 3.05) is 6.26 Å². The molecule has 0 saturated carbocycles. The Morgan fingerprint density at radius 1 is 1.06 bits per heavy atom. The Morgan fingerprint density at radius 2 is 1.71 bits per heavy atom. The molecule has 4 nitrogen and oxygen atoms in total. The zero-order valence-corrected chi connectivity index (χ0v) is 9.99. The standard InChI is InChI=1S/C12H11NO3S/c1-17(15,16)13-12(14)11-7-6-9-4-2-3-5-10(9)8-11/h2-8H,1H3,(H,13,14). The average molecular weight is 249 g/mol. The molecule has 0 radical (unpaired) electrons. The van der Waals surface area contributed by atoms with Crippen molar-refractivity contribution in [3.63, 3.8) is 0 Å². The number of benzene rings is 2. The van der Waals surface area contributed by atoms with Crippen molar-refractivity contribution in [2.24, 2.45) is 0 Å². The third kappa shape index (κ3) is 2.82. The lowest BCUT2D eigenvalue weighted by Gasteiger charge is -2.04. The molecule has 0 heterocycles. The highest BCUT2D eigenvalue weighted by Crippen LogP contribution is 2.15. The molecule has 0 saturated heterocycles. The van der Waals surface area contributed by atoms with Crippen LogP contribution in [0.1, 0.15) is 10.4 Å². The van der Waals surface area contributed by atoms with E-state index in [-0.39, 0.29) is 0 Å². The van der Waals surface area contributed by atoms with E-state index in [9.17, 15) is 13.2 Å². The van der Waals surface area contributed by atoms with Crippen molar-refractivity contribution in [1.82, 2.24) is 4.72 Å². The van der Waals surface area contributed by atoms with Crippen LogP contribution >= 0.6 is 0 Å². The number of sulfonamides is 1. The van der Waals surface area contributed by atoms with E-state index in [0.717, 1.165) is 17.0 Å². The Morgan fingerprint density at radius 3 is 2.35 bits per heavy atom. The van der Waals surface area contributed by atoms with E-state index >= 15 is 0 Å². The second-order valence-electron chi connectivity index (χ2n) is 3.77. The molecule has 0 atom stereocenters. The number of hydrogen-bond acceptors (Lipinski definition) is 3. The summed E-state index contributed by atoms with van der Waals surface area (Å²) in [5.41, 5.74) is 0.328. The van der Waals surface area contributed by atoms with Gasteiger partial charge in [-0.05, 0) is 22.9 Å². The SMILES string of the molecule is CS(=O)(=O)NC(=O)c1ccc2ccccc2c1. The highest BCUT2D eigenvalue weighted by Gasteiger charge is 2.10. The van der Waals surface area contributed by atoms with Gasteiger partial charge in [0.1, 0.15) is 0 Å². The van der Waals surface area contributed by atoms with Gasteiger partial charge in [0.05, 0.1) is 6.26 Å². The Kier molecular flexibility index (Phi) is 2.85. The third-order valence-electron chi connectivity index (χ3n) is 2.29. The van der Waals surface area contributed by atoms with Gasteiger partial charge >= 0.3 is 0 Å². The molecule has 0 spiro atoms. The van der Waals surface area contributed by atoms with Crippen LogP contribution in [0.5, 0.6) is 0 Å². The van der Waals surface area contributed by atoms with Gasteiger partial charge in [0, 0.05) is 5.56 Å². The third-order valence-corrected chi connectivity index (χ3v) is 2.85. The van der Waals surface area contributed by atoms with Gasteiger partial charge in [-0.2, -0.15) is 0 Å². The Bertz CT molecular complexity index is 677. The highest BCUT2D eigenvalue weighted by atomic mass is 32.2. The zero-order valence-electron chi connectivity index (χ0n) is 9.17. The first-order chi connectivity index (χ1) is 7.96. The van der Waals surface area contributed by atoms with E-state index in [1.54, 1.807) is 18.2 Å². The molecule has 17 heavy (non-hydrogen) atoms. The molecule has 0 aromatic heterocycles. The first kappa shape index (κ1) is 11.6. The number of carbonyl (C=O) groups is 1. The summed E-state index contributed by atoms with van der Waals surface area (Å²) in [4.78, 5) is 11.6. The Balaban J connectivity index is 2.40. The normalized spacial score (nSPS) is 11.4. The van der Waals surface area contributed by atoms with Gasteiger partial charge in [-0.25, -0.2) is 13.1 Å². The van der Waals surface area contributed by atoms with Gasteiger partial charge < -0.3 is 0 Å². The zero-order chi connectivity index (χ0) is 12.5. The van der Waals surface area contributed by atoms with E-state index in [4.69, 9.17) is 0 Å². The molecule has 0 aliphatic rings. The molecule has 1 amide bonds. The van der Waals surface area contributed by atoms with Crippen LogP contribution in [0.3, 0.4) is 0 Å². The van der Waals surface area contributed by atoms with Gasteiger partial charge in [-0.15, -0.1) is 0 Å². The Labute approximate surface area is 99.3 Å². The second-order valence-corrected chi connectivity index (χ2v) is 5.51. The van der Waals surface area contributed by atoms with Crippen LogP contribution in [0, 0.1) is 0 Å². The molecule has 0 bridgehead atoms. The molecule has 0 aliphatic heterocycles. The number of carbonyl (C=O) groups excluding carboxylic acids is 1. The number of amides is 1. The minimum Gasteiger partial charge on any atom is -0.268 e. The largest absolute Gasteiger partial charge is 0.268 e. The maximum absolute atomic E-state index is 11.6. The van der Waals surface area contributed by atoms with Crippen LogP contribution in [-0.2, 0) is 10.0 Å². The quantitative estimate of drug-likeness (QED) is 0.877. The fraction of sp³-hybridized carbons (Fsp3) is 0.0833. The summed E-state index contributed by atoms with van der Waals surface area (Å²) in [6.07, 6.45) is 0.950. The number of fused-ring (bicyclic) bond motifs is 1. The predicted octanol–water partition coefficient (Wildman–Crippen LogP) is 1.53. The summed E-state index contributed by atoms with van der Waals surface area (Å²) >= 11 is 0. The van der Waals surface area contributed by atoms with E-state index in [1.165, 1.54) is 0 Å².